The highest BCUT2D eigenvalue weighted by molar-refractivity contribution is 7.58. The van der Waals surface area contributed by atoms with Crippen LogP contribution in [0.4, 0.5) is 0 Å². The maximum atomic E-state index is 12.9. The van der Waals surface area contributed by atoms with Crippen LogP contribution in [0.3, 0.4) is 0 Å². The first-order valence-electron chi connectivity index (χ1n) is 6.61. The maximum Gasteiger partial charge on any atom is 0.211 e. The van der Waals surface area contributed by atoms with E-state index in [-0.39, 0.29) is 5.75 Å². The number of para-hydroxylation sites is 1. The Hall–Kier alpha value is -1.57. The summed E-state index contributed by atoms with van der Waals surface area (Å²) in [6.45, 7) is 3.83. The van der Waals surface area contributed by atoms with E-state index < -0.39 is 13.0 Å². The van der Waals surface area contributed by atoms with Crippen LogP contribution >= 0.6 is 7.37 Å². The summed E-state index contributed by atoms with van der Waals surface area (Å²) in [6.07, 6.45) is 0. The second-order valence-electron chi connectivity index (χ2n) is 4.70. The first kappa shape index (κ1) is 14.8. The van der Waals surface area contributed by atoms with E-state index in [1.165, 1.54) is 0 Å². The summed E-state index contributed by atoms with van der Waals surface area (Å²) in [4.78, 5) is 0. The number of hydrogen-bond acceptors (Lipinski definition) is 3. The third kappa shape index (κ3) is 3.12. The van der Waals surface area contributed by atoms with Gasteiger partial charge in [-0.1, -0.05) is 48.5 Å². The summed E-state index contributed by atoms with van der Waals surface area (Å²) in [5, 5.41) is 10.1. The molecule has 0 aromatic heterocycles. The highest BCUT2D eigenvalue weighted by atomic mass is 31.2. The van der Waals surface area contributed by atoms with Crippen molar-refractivity contribution in [2.24, 2.45) is 0 Å². The van der Waals surface area contributed by atoms with Crippen molar-refractivity contribution in [3.63, 3.8) is 0 Å². The number of rotatable bonds is 5. The molecule has 0 aliphatic heterocycles. The molecule has 0 heterocycles. The lowest BCUT2D eigenvalue weighted by Gasteiger charge is -2.25. The zero-order valence-electron chi connectivity index (χ0n) is 11.7. The monoisotopic (exact) mass is 290 g/mol. The molecule has 4 heteroatoms. The van der Waals surface area contributed by atoms with Crippen molar-refractivity contribution < 1.29 is 14.2 Å². The van der Waals surface area contributed by atoms with Crippen molar-refractivity contribution in [3.05, 3.63) is 65.7 Å². The Morgan fingerprint density at radius 1 is 1.10 bits per heavy atom. The fourth-order valence-electron chi connectivity index (χ4n) is 2.39. The van der Waals surface area contributed by atoms with Crippen LogP contribution in [0.2, 0.25) is 0 Å². The van der Waals surface area contributed by atoms with E-state index in [9.17, 15) is 9.67 Å². The average Bonchev–Trinajstić information content (AvgIpc) is 2.42. The van der Waals surface area contributed by atoms with E-state index >= 15 is 0 Å². The molecule has 0 aliphatic carbocycles. The first-order valence-corrected chi connectivity index (χ1v) is 8.75. The Morgan fingerprint density at radius 2 is 1.70 bits per heavy atom. The summed E-state index contributed by atoms with van der Waals surface area (Å²) in [5.74, 6) is 0.142. The molecule has 0 aliphatic rings. The van der Waals surface area contributed by atoms with Gasteiger partial charge in [0.05, 0.1) is 12.3 Å². The molecule has 0 bridgehead atoms. The minimum atomic E-state index is -2.93. The molecule has 2 aromatic carbocycles. The highest BCUT2D eigenvalue weighted by Gasteiger charge is 2.33. The van der Waals surface area contributed by atoms with Gasteiger partial charge in [-0.15, -0.1) is 0 Å². The molecular weight excluding hydrogens is 271 g/mol. The van der Waals surface area contributed by atoms with Gasteiger partial charge in [-0.3, -0.25) is 4.57 Å². The topological polar surface area (TPSA) is 46.5 Å². The standard InChI is InChI=1S/C16H19O3P/c1-3-19-20(2,18)16(13-9-5-4-6-10-13)14-11-7-8-12-15(14)17/h4-12,16-17H,3H2,1-2H3/t16-,20-/m1/s1. The molecule has 0 saturated carbocycles. The smallest absolute Gasteiger partial charge is 0.211 e. The fourth-order valence-corrected chi connectivity index (χ4v) is 4.49. The minimum Gasteiger partial charge on any atom is -0.508 e. The summed E-state index contributed by atoms with van der Waals surface area (Å²) in [5.41, 5.74) is 1.07. The molecule has 0 saturated heterocycles. The third-order valence-electron chi connectivity index (χ3n) is 3.20. The molecule has 0 amide bonds. The molecule has 20 heavy (non-hydrogen) atoms. The van der Waals surface area contributed by atoms with Gasteiger partial charge >= 0.3 is 0 Å². The fraction of sp³-hybridized carbons (Fsp3) is 0.250. The molecule has 2 aromatic rings. The third-order valence-corrected chi connectivity index (χ3v) is 5.49. The lowest BCUT2D eigenvalue weighted by molar-refractivity contribution is 0.332. The summed E-state index contributed by atoms with van der Waals surface area (Å²) >= 11 is 0. The van der Waals surface area contributed by atoms with Gasteiger partial charge in [0.2, 0.25) is 7.37 Å². The second kappa shape index (κ2) is 6.25. The van der Waals surface area contributed by atoms with E-state index in [2.05, 4.69) is 0 Å². The van der Waals surface area contributed by atoms with Gasteiger partial charge in [-0.25, -0.2) is 0 Å². The van der Waals surface area contributed by atoms with Gasteiger partial charge in [0.15, 0.2) is 0 Å². The SMILES string of the molecule is CCO[P@@](C)(=O)[C@H](c1ccccc1)c1ccccc1O. The molecule has 106 valence electrons. The average molecular weight is 290 g/mol. The number of aromatic hydroxyl groups is 1. The van der Waals surface area contributed by atoms with Crippen LogP contribution in [0, 0.1) is 0 Å². The minimum absolute atomic E-state index is 0.142. The van der Waals surface area contributed by atoms with Gasteiger partial charge in [-0.05, 0) is 18.6 Å². The van der Waals surface area contributed by atoms with Crippen LogP contribution in [0.15, 0.2) is 54.6 Å². The Bertz CT molecular complexity index is 610. The zero-order chi connectivity index (χ0) is 14.6. The van der Waals surface area contributed by atoms with Crippen molar-refractivity contribution in [1.29, 1.82) is 0 Å². The maximum absolute atomic E-state index is 12.9. The molecular formula is C16H19O3P. The molecule has 1 N–H and O–H groups in total. The van der Waals surface area contributed by atoms with Crippen molar-refractivity contribution in [2.75, 3.05) is 13.3 Å². The van der Waals surface area contributed by atoms with Gasteiger partial charge in [0.25, 0.3) is 0 Å². The number of hydrogen-bond donors (Lipinski definition) is 1. The van der Waals surface area contributed by atoms with Crippen LogP contribution in [-0.2, 0) is 9.09 Å². The normalized spacial score (nSPS) is 15.5. The molecule has 0 spiro atoms. The molecule has 0 radical (unpaired) electrons. The van der Waals surface area contributed by atoms with Gasteiger partial charge in [0.1, 0.15) is 5.75 Å². The molecule has 2 atom stereocenters. The van der Waals surface area contributed by atoms with Crippen molar-refractivity contribution >= 4 is 7.37 Å². The van der Waals surface area contributed by atoms with Crippen molar-refractivity contribution in [1.82, 2.24) is 0 Å². The Balaban J connectivity index is 2.57. The summed E-state index contributed by atoms with van der Waals surface area (Å²) in [6, 6.07) is 16.5. The van der Waals surface area contributed by atoms with E-state index in [0.717, 1.165) is 5.56 Å². The molecule has 0 unspecified atom stereocenters. The van der Waals surface area contributed by atoms with E-state index in [4.69, 9.17) is 4.52 Å². The number of phenolic OH excluding ortho intramolecular Hbond substituents is 1. The van der Waals surface area contributed by atoms with Gasteiger partial charge in [0, 0.05) is 12.2 Å². The number of phenols is 1. The van der Waals surface area contributed by atoms with Gasteiger partial charge < -0.3 is 9.63 Å². The second-order valence-corrected chi connectivity index (χ2v) is 7.29. The predicted octanol–water partition coefficient (Wildman–Crippen LogP) is 4.43. The molecule has 0 fully saturated rings. The van der Waals surface area contributed by atoms with Crippen LogP contribution in [0.5, 0.6) is 5.75 Å². The molecule has 2 rings (SSSR count). The Kier molecular flexibility index (Phi) is 4.64. The zero-order valence-corrected chi connectivity index (χ0v) is 12.6. The molecule has 3 nitrogen and oxygen atoms in total. The number of benzene rings is 2. The van der Waals surface area contributed by atoms with E-state index in [1.807, 2.05) is 43.3 Å². The first-order chi connectivity index (χ1) is 9.56. The quantitative estimate of drug-likeness (QED) is 0.829. The largest absolute Gasteiger partial charge is 0.508 e. The summed E-state index contributed by atoms with van der Waals surface area (Å²) < 4.78 is 18.4. The van der Waals surface area contributed by atoms with Gasteiger partial charge in [-0.2, -0.15) is 0 Å². The Morgan fingerprint density at radius 3 is 2.30 bits per heavy atom. The Labute approximate surface area is 119 Å². The van der Waals surface area contributed by atoms with E-state index in [1.54, 1.807) is 24.9 Å². The van der Waals surface area contributed by atoms with Crippen LogP contribution in [-0.4, -0.2) is 18.4 Å². The van der Waals surface area contributed by atoms with Crippen LogP contribution < -0.4 is 0 Å². The summed E-state index contributed by atoms with van der Waals surface area (Å²) in [7, 11) is -2.93. The van der Waals surface area contributed by atoms with Crippen LogP contribution in [0.1, 0.15) is 23.7 Å². The van der Waals surface area contributed by atoms with Crippen LogP contribution in [0.25, 0.3) is 0 Å². The lowest BCUT2D eigenvalue weighted by Crippen LogP contribution is -2.05. The van der Waals surface area contributed by atoms with Crippen molar-refractivity contribution in [3.8, 4) is 5.75 Å². The van der Waals surface area contributed by atoms with E-state index in [0.29, 0.717) is 12.2 Å². The highest BCUT2D eigenvalue weighted by Crippen LogP contribution is 2.61. The lowest BCUT2D eigenvalue weighted by atomic mass is 10.0. The van der Waals surface area contributed by atoms with Crippen molar-refractivity contribution in [2.45, 2.75) is 12.6 Å². The predicted molar refractivity (Wildman–Crippen MR) is 81.5 cm³/mol.